The van der Waals surface area contributed by atoms with Crippen LogP contribution in [0.3, 0.4) is 0 Å². The van der Waals surface area contributed by atoms with Crippen LogP contribution in [0, 0.1) is 5.41 Å². The molecule has 1 spiro atoms. The zero-order valence-electron chi connectivity index (χ0n) is 13.7. The molecule has 1 saturated heterocycles. The summed E-state index contributed by atoms with van der Waals surface area (Å²) in [6.45, 7) is 0.0347. The first-order valence-corrected chi connectivity index (χ1v) is 8.89. The van der Waals surface area contributed by atoms with Gasteiger partial charge in [0.15, 0.2) is 0 Å². The first-order chi connectivity index (χ1) is 12.1. The van der Waals surface area contributed by atoms with Gasteiger partial charge in [0.05, 0.1) is 5.41 Å². The van der Waals surface area contributed by atoms with Gasteiger partial charge in [-0.25, -0.2) is 0 Å². The Hall–Kier alpha value is -2.21. The molecule has 130 valence electrons. The van der Waals surface area contributed by atoms with E-state index in [9.17, 15) is 9.59 Å². The smallest absolute Gasteiger partial charge is 0.247 e. The fourth-order valence-corrected chi connectivity index (χ4v) is 4.03. The SMILES string of the molecule is O=C1CC2(CCCCC2)C(=O)N1Cc1nc(-c2cccc(Cl)c2)no1. The molecule has 2 aromatic rings. The number of carbonyl (C=O) groups is 2. The van der Waals surface area contributed by atoms with E-state index >= 15 is 0 Å². The Morgan fingerprint density at radius 2 is 2.00 bits per heavy atom. The lowest BCUT2D eigenvalue weighted by molar-refractivity contribution is -0.143. The summed E-state index contributed by atoms with van der Waals surface area (Å²) in [6, 6.07) is 7.12. The van der Waals surface area contributed by atoms with Crippen LogP contribution in [0.4, 0.5) is 0 Å². The van der Waals surface area contributed by atoms with E-state index in [1.54, 1.807) is 18.2 Å². The molecule has 4 rings (SSSR count). The Balaban J connectivity index is 1.53. The maximum Gasteiger partial charge on any atom is 0.247 e. The lowest BCUT2D eigenvalue weighted by atomic mass is 9.73. The Morgan fingerprint density at radius 1 is 1.20 bits per heavy atom. The van der Waals surface area contributed by atoms with Crippen LogP contribution in [-0.2, 0) is 16.1 Å². The van der Waals surface area contributed by atoms with Gasteiger partial charge in [0.2, 0.25) is 23.5 Å². The van der Waals surface area contributed by atoms with Crippen LogP contribution in [0.1, 0.15) is 44.4 Å². The van der Waals surface area contributed by atoms with Crippen LogP contribution in [0.25, 0.3) is 11.4 Å². The highest BCUT2D eigenvalue weighted by atomic mass is 35.5. The molecule has 0 atom stereocenters. The van der Waals surface area contributed by atoms with Gasteiger partial charge in [-0.2, -0.15) is 4.98 Å². The first-order valence-electron chi connectivity index (χ1n) is 8.51. The highest BCUT2D eigenvalue weighted by Crippen LogP contribution is 2.45. The number of likely N-dealkylation sites (tertiary alicyclic amines) is 1. The number of benzene rings is 1. The van der Waals surface area contributed by atoms with Gasteiger partial charge in [0, 0.05) is 17.0 Å². The molecule has 1 aromatic carbocycles. The maximum atomic E-state index is 12.8. The second-order valence-electron chi connectivity index (χ2n) is 6.82. The number of amides is 2. The molecule has 1 saturated carbocycles. The van der Waals surface area contributed by atoms with Gasteiger partial charge in [-0.3, -0.25) is 14.5 Å². The molecule has 2 amide bonds. The molecule has 0 N–H and O–H groups in total. The van der Waals surface area contributed by atoms with E-state index in [0.29, 0.717) is 17.3 Å². The summed E-state index contributed by atoms with van der Waals surface area (Å²) in [5.74, 6) is 0.419. The van der Waals surface area contributed by atoms with Gasteiger partial charge in [-0.1, -0.05) is 48.2 Å². The Bertz CT molecular complexity index is 826. The van der Waals surface area contributed by atoms with Crippen molar-refractivity contribution in [2.24, 2.45) is 5.41 Å². The second kappa shape index (κ2) is 6.26. The minimum atomic E-state index is -0.495. The fraction of sp³-hybridized carbons (Fsp3) is 0.444. The predicted molar refractivity (Wildman–Crippen MR) is 90.4 cm³/mol. The predicted octanol–water partition coefficient (Wildman–Crippen LogP) is 3.60. The monoisotopic (exact) mass is 359 g/mol. The van der Waals surface area contributed by atoms with E-state index in [1.165, 1.54) is 4.90 Å². The number of rotatable bonds is 3. The van der Waals surface area contributed by atoms with E-state index in [4.69, 9.17) is 16.1 Å². The fourth-order valence-electron chi connectivity index (χ4n) is 3.84. The summed E-state index contributed by atoms with van der Waals surface area (Å²) in [6.07, 6.45) is 5.05. The highest BCUT2D eigenvalue weighted by molar-refractivity contribution is 6.30. The lowest BCUT2D eigenvalue weighted by Crippen LogP contribution is -2.36. The first kappa shape index (κ1) is 16.3. The minimum absolute atomic E-state index is 0.0347. The van der Waals surface area contributed by atoms with Gasteiger partial charge < -0.3 is 4.52 Å². The van der Waals surface area contributed by atoms with Gasteiger partial charge in [0.1, 0.15) is 6.54 Å². The van der Waals surface area contributed by atoms with Crippen molar-refractivity contribution in [1.29, 1.82) is 0 Å². The third-order valence-corrected chi connectivity index (χ3v) is 5.38. The molecule has 1 aliphatic carbocycles. The molecular formula is C18H18ClN3O3. The van der Waals surface area contributed by atoms with Crippen molar-refractivity contribution in [3.8, 4) is 11.4 Å². The van der Waals surface area contributed by atoms with Crippen molar-refractivity contribution in [2.45, 2.75) is 45.1 Å². The van der Waals surface area contributed by atoms with E-state index in [2.05, 4.69) is 10.1 Å². The standard InChI is InChI=1S/C18H18ClN3O3/c19-13-6-4-5-12(9-13)16-20-14(25-21-16)11-22-15(23)10-18(17(22)24)7-2-1-3-8-18/h4-6,9H,1-3,7-8,10-11H2. The quantitative estimate of drug-likeness (QED) is 0.782. The summed E-state index contributed by atoms with van der Waals surface area (Å²) in [4.78, 5) is 30.8. The van der Waals surface area contributed by atoms with Crippen LogP contribution < -0.4 is 0 Å². The molecule has 2 fully saturated rings. The summed E-state index contributed by atoms with van der Waals surface area (Å²) in [5.41, 5.74) is 0.232. The lowest BCUT2D eigenvalue weighted by Gasteiger charge is -2.30. The van der Waals surface area contributed by atoms with Crippen molar-refractivity contribution < 1.29 is 14.1 Å². The molecule has 6 nitrogen and oxygen atoms in total. The molecule has 25 heavy (non-hydrogen) atoms. The van der Waals surface area contributed by atoms with Crippen LogP contribution in [0.15, 0.2) is 28.8 Å². The molecule has 0 bridgehead atoms. The van der Waals surface area contributed by atoms with Crippen molar-refractivity contribution in [3.05, 3.63) is 35.2 Å². The van der Waals surface area contributed by atoms with E-state index in [0.717, 1.165) is 37.7 Å². The van der Waals surface area contributed by atoms with Gasteiger partial charge >= 0.3 is 0 Å². The van der Waals surface area contributed by atoms with Crippen molar-refractivity contribution in [2.75, 3.05) is 0 Å². The highest BCUT2D eigenvalue weighted by Gasteiger charge is 2.51. The molecule has 1 aliphatic heterocycles. The molecule has 0 unspecified atom stereocenters. The Labute approximate surface area is 150 Å². The zero-order valence-corrected chi connectivity index (χ0v) is 14.5. The largest absolute Gasteiger partial charge is 0.337 e. The van der Waals surface area contributed by atoms with Crippen LogP contribution in [0.5, 0.6) is 0 Å². The molecule has 1 aromatic heterocycles. The van der Waals surface area contributed by atoms with Crippen molar-refractivity contribution >= 4 is 23.4 Å². The third-order valence-electron chi connectivity index (χ3n) is 5.14. The molecule has 0 radical (unpaired) electrons. The number of carbonyl (C=O) groups excluding carboxylic acids is 2. The number of halogens is 1. The Morgan fingerprint density at radius 3 is 2.76 bits per heavy atom. The normalized spacial score (nSPS) is 19.8. The summed E-state index contributed by atoms with van der Waals surface area (Å²) in [7, 11) is 0. The van der Waals surface area contributed by atoms with Gasteiger partial charge in [-0.05, 0) is 25.0 Å². The molecule has 7 heteroatoms. The summed E-state index contributed by atoms with van der Waals surface area (Å²) >= 11 is 5.98. The molecule has 2 heterocycles. The zero-order chi connectivity index (χ0) is 17.4. The van der Waals surface area contributed by atoms with Crippen LogP contribution >= 0.6 is 11.6 Å². The topological polar surface area (TPSA) is 76.3 Å². The summed E-state index contributed by atoms with van der Waals surface area (Å²) < 4.78 is 5.24. The molecular weight excluding hydrogens is 342 g/mol. The number of hydrogen-bond donors (Lipinski definition) is 0. The average Bonchev–Trinajstić information content (AvgIpc) is 3.16. The minimum Gasteiger partial charge on any atom is -0.337 e. The second-order valence-corrected chi connectivity index (χ2v) is 7.26. The van der Waals surface area contributed by atoms with Crippen molar-refractivity contribution in [3.63, 3.8) is 0 Å². The van der Waals surface area contributed by atoms with E-state index < -0.39 is 5.41 Å². The number of nitrogens with zero attached hydrogens (tertiary/aromatic N) is 3. The van der Waals surface area contributed by atoms with E-state index in [1.807, 2.05) is 6.07 Å². The number of hydrogen-bond acceptors (Lipinski definition) is 5. The number of aromatic nitrogens is 2. The van der Waals surface area contributed by atoms with Crippen LogP contribution in [0.2, 0.25) is 5.02 Å². The Kier molecular flexibility index (Phi) is 4.07. The number of imide groups is 1. The third kappa shape index (κ3) is 2.95. The molecule has 2 aliphatic rings. The van der Waals surface area contributed by atoms with Crippen molar-refractivity contribution in [1.82, 2.24) is 15.0 Å². The summed E-state index contributed by atoms with van der Waals surface area (Å²) in [5, 5.41) is 4.51. The van der Waals surface area contributed by atoms with Gasteiger partial charge in [0.25, 0.3) is 0 Å². The van der Waals surface area contributed by atoms with E-state index in [-0.39, 0.29) is 24.2 Å². The van der Waals surface area contributed by atoms with Crippen LogP contribution in [-0.4, -0.2) is 26.9 Å². The average molecular weight is 360 g/mol. The maximum absolute atomic E-state index is 12.8. The van der Waals surface area contributed by atoms with Gasteiger partial charge in [-0.15, -0.1) is 0 Å².